The fourth-order valence-corrected chi connectivity index (χ4v) is 2.17. The van der Waals surface area contributed by atoms with E-state index in [-0.39, 0.29) is 17.4 Å². The number of hydrogen-bond acceptors (Lipinski definition) is 2. The summed E-state index contributed by atoms with van der Waals surface area (Å²) in [6, 6.07) is 4.55. The number of benzene rings is 1. The lowest BCUT2D eigenvalue weighted by molar-refractivity contribution is -0.119. The number of nitrogens with one attached hydrogen (secondary N) is 1. The van der Waals surface area contributed by atoms with Gasteiger partial charge in [0.2, 0.25) is 5.91 Å². The van der Waals surface area contributed by atoms with Gasteiger partial charge in [-0.25, -0.2) is 4.79 Å². The highest BCUT2D eigenvalue weighted by Gasteiger charge is 2.20. The molecule has 1 amide bonds. The molecule has 1 aliphatic carbocycles. The minimum Gasteiger partial charge on any atom is -0.478 e. The monoisotopic (exact) mass is 309 g/mol. The maximum absolute atomic E-state index is 11.9. The van der Waals surface area contributed by atoms with Crippen molar-refractivity contribution >= 4 is 33.5 Å². The molecule has 0 fully saturated rings. The van der Waals surface area contributed by atoms with Crippen molar-refractivity contribution in [3.05, 3.63) is 40.4 Å². The van der Waals surface area contributed by atoms with Crippen molar-refractivity contribution in [1.82, 2.24) is 0 Å². The first-order valence-electron chi connectivity index (χ1n) is 5.56. The van der Waals surface area contributed by atoms with Gasteiger partial charge in [0, 0.05) is 10.4 Å². The van der Waals surface area contributed by atoms with Crippen molar-refractivity contribution < 1.29 is 14.7 Å². The van der Waals surface area contributed by atoms with Gasteiger partial charge < -0.3 is 10.4 Å². The molecule has 0 aromatic heterocycles. The topological polar surface area (TPSA) is 66.4 Å². The van der Waals surface area contributed by atoms with Crippen LogP contribution in [-0.2, 0) is 4.79 Å². The average Bonchev–Trinajstić information content (AvgIpc) is 2.85. The van der Waals surface area contributed by atoms with E-state index in [2.05, 4.69) is 21.2 Å². The van der Waals surface area contributed by atoms with Crippen molar-refractivity contribution in [3.8, 4) is 0 Å². The summed E-state index contributed by atoms with van der Waals surface area (Å²) in [5.41, 5.74) is 0.643. The molecule has 5 heteroatoms. The molecule has 0 heterocycles. The standard InChI is InChI=1S/C13H12BrNO3/c14-10-6-5-9(13(17)18)7-11(10)15-12(16)8-3-1-2-4-8/h1-2,5-8H,3-4H2,(H,15,16)(H,17,18). The van der Waals surface area contributed by atoms with Gasteiger partial charge in [-0.2, -0.15) is 0 Å². The number of hydrogen-bond donors (Lipinski definition) is 2. The Balaban J connectivity index is 2.15. The second-order valence-electron chi connectivity index (χ2n) is 4.13. The largest absolute Gasteiger partial charge is 0.478 e. The third-order valence-electron chi connectivity index (χ3n) is 2.85. The molecule has 0 spiro atoms. The molecule has 1 aromatic rings. The summed E-state index contributed by atoms with van der Waals surface area (Å²) in [6.45, 7) is 0. The van der Waals surface area contributed by atoms with Crippen LogP contribution >= 0.6 is 15.9 Å². The molecule has 0 radical (unpaired) electrons. The Morgan fingerprint density at radius 2 is 1.94 bits per heavy atom. The Kier molecular flexibility index (Phi) is 3.81. The van der Waals surface area contributed by atoms with E-state index in [1.54, 1.807) is 6.07 Å². The maximum atomic E-state index is 11.9. The Labute approximate surface area is 113 Å². The number of aromatic carboxylic acids is 1. The van der Waals surface area contributed by atoms with E-state index < -0.39 is 5.97 Å². The Morgan fingerprint density at radius 1 is 1.28 bits per heavy atom. The molecule has 1 aromatic carbocycles. The number of rotatable bonds is 3. The summed E-state index contributed by atoms with van der Waals surface area (Å²) >= 11 is 3.29. The van der Waals surface area contributed by atoms with Crippen LogP contribution in [-0.4, -0.2) is 17.0 Å². The van der Waals surface area contributed by atoms with Crippen LogP contribution in [0.3, 0.4) is 0 Å². The molecule has 0 saturated carbocycles. The molecule has 0 atom stereocenters. The summed E-state index contributed by atoms with van der Waals surface area (Å²) in [5, 5.41) is 11.7. The summed E-state index contributed by atoms with van der Waals surface area (Å²) < 4.78 is 0.673. The number of carboxylic acids is 1. The highest BCUT2D eigenvalue weighted by atomic mass is 79.9. The van der Waals surface area contributed by atoms with Gasteiger partial charge in [-0.15, -0.1) is 0 Å². The van der Waals surface area contributed by atoms with E-state index in [9.17, 15) is 9.59 Å². The van der Waals surface area contributed by atoms with Crippen molar-refractivity contribution in [1.29, 1.82) is 0 Å². The molecular weight excluding hydrogens is 298 g/mol. The molecule has 18 heavy (non-hydrogen) atoms. The van der Waals surface area contributed by atoms with Gasteiger partial charge in [-0.1, -0.05) is 12.2 Å². The number of allylic oxidation sites excluding steroid dienone is 2. The van der Waals surface area contributed by atoms with E-state index in [1.807, 2.05) is 12.2 Å². The zero-order chi connectivity index (χ0) is 13.1. The van der Waals surface area contributed by atoms with E-state index in [0.29, 0.717) is 10.2 Å². The third-order valence-corrected chi connectivity index (χ3v) is 3.54. The van der Waals surface area contributed by atoms with E-state index in [1.165, 1.54) is 12.1 Å². The van der Waals surface area contributed by atoms with E-state index >= 15 is 0 Å². The molecule has 4 nitrogen and oxygen atoms in total. The summed E-state index contributed by atoms with van der Waals surface area (Å²) in [7, 11) is 0. The van der Waals surface area contributed by atoms with Crippen LogP contribution in [0.1, 0.15) is 23.2 Å². The summed E-state index contributed by atoms with van der Waals surface area (Å²) in [4.78, 5) is 22.8. The normalized spacial score (nSPS) is 14.7. The van der Waals surface area contributed by atoms with Crippen molar-refractivity contribution in [3.63, 3.8) is 0 Å². The second-order valence-corrected chi connectivity index (χ2v) is 4.98. The van der Waals surface area contributed by atoms with Gasteiger partial charge in [-0.3, -0.25) is 4.79 Å². The minimum atomic E-state index is -1.01. The van der Waals surface area contributed by atoms with Gasteiger partial charge in [0.05, 0.1) is 11.3 Å². The molecule has 0 unspecified atom stereocenters. The Bertz CT molecular complexity index is 517. The summed E-state index contributed by atoms with van der Waals surface area (Å²) in [5.74, 6) is -1.14. The van der Waals surface area contributed by atoms with Gasteiger partial charge in [0.1, 0.15) is 0 Å². The van der Waals surface area contributed by atoms with Crippen LogP contribution in [0.5, 0.6) is 0 Å². The lowest BCUT2D eigenvalue weighted by atomic mass is 10.1. The molecular formula is C13H12BrNO3. The van der Waals surface area contributed by atoms with Gasteiger partial charge in [0.15, 0.2) is 0 Å². The lowest BCUT2D eigenvalue weighted by Crippen LogP contribution is -2.21. The molecule has 2 N–H and O–H groups in total. The first-order chi connectivity index (χ1) is 8.58. The first-order valence-corrected chi connectivity index (χ1v) is 6.36. The second kappa shape index (κ2) is 5.35. The molecule has 0 saturated heterocycles. The van der Waals surface area contributed by atoms with Gasteiger partial charge in [-0.05, 0) is 47.0 Å². The number of halogens is 1. The maximum Gasteiger partial charge on any atom is 0.335 e. The van der Waals surface area contributed by atoms with Crippen LogP contribution in [0.2, 0.25) is 0 Å². The minimum absolute atomic E-state index is 0.0506. The fraction of sp³-hybridized carbons (Fsp3) is 0.231. The Hall–Kier alpha value is -1.62. The van der Waals surface area contributed by atoms with Crippen molar-refractivity contribution in [2.75, 3.05) is 5.32 Å². The Morgan fingerprint density at radius 3 is 2.56 bits per heavy atom. The first kappa shape index (κ1) is 12.8. The third kappa shape index (κ3) is 2.79. The molecule has 2 rings (SSSR count). The molecule has 0 aliphatic heterocycles. The fourth-order valence-electron chi connectivity index (χ4n) is 1.82. The smallest absolute Gasteiger partial charge is 0.335 e. The molecule has 94 valence electrons. The quantitative estimate of drug-likeness (QED) is 0.843. The van der Waals surface area contributed by atoms with Crippen LogP contribution in [0, 0.1) is 5.92 Å². The number of amides is 1. The van der Waals surface area contributed by atoms with Crippen LogP contribution < -0.4 is 5.32 Å². The number of carbonyl (C=O) groups excluding carboxylic acids is 1. The van der Waals surface area contributed by atoms with E-state index in [4.69, 9.17) is 5.11 Å². The van der Waals surface area contributed by atoms with Crippen LogP contribution in [0.25, 0.3) is 0 Å². The van der Waals surface area contributed by atoms with Gasteiger partial charge >= 0.3 is 5.97 Å². The molecule has 1 aliphatic rings. The van der Waals surface area contributed by atoms with E-state index in [0.717, 1.165) is 12.8 Å². The average molecular weight is 310 g/mol. The predicted octanol–water partition coefficient (Wildman–Crippen LogP) is 3.05. The number of anilines is 1. The zero-order valence-electron chi connectivity index (χ0n) is 9.52. The van der Waals surface area contributed by atoms with Gasteiger partial charge in [0.25, 0.3) is 0 Å². The zero-order valence-corrected chi connectivity index (χ0v) is 11.1. The predicted molar refractivity (Wildman–Crippen MR) is 71.6 cm³/mol. The van der Waals surface area contributed by atoms with Crippen LogP contribution in [0.15, 0.2) is 34.8 Å². The van der Waals surface area contributed by atoms with Crippen LogP contribution in [0.4, 0.5) is 5.69 Å². The van der Waals surface area contributed by atoms with Crippen molar-refractivity contribution in [2.24, 2.45) is 5.92 Å². The number of carboxylic acid groups (broad SMARTS) is 1. The highest BCUT2D eigenvalue weighted by molar-refractivity contribution is 9.10. The SMILES string of the molecule is O=C(O)c1ccc(Br)c(NC(=O)C2CC=CC2)c1. The molecule has 0 bridgehead atoms. The highest BCUT2D eigenvalue weighted by Crippen LogP contribution is 2.26. The lowest BCUT2D eigenvalue weighted by Gasteiger charge is -2.12. The van der Waals surface area contributed by atoms with Crippen molar-refractivity contribution in [2.45, 2.75) is 12.8 Å². The number of carbonyl (C=O) groups is 2. The summed E-state index contributed by atoms with van der Waals surface area (Å²) in [6.07, 6.45) is 5.43.